The van der Waals surface area contributed by atoms with Gasteiger partial charge in [0.15, 0.2) is 0 Å². The van der Waals surface area contributed by atoms with Crippen LogP contribution < -0.4 is 0 Å². The summed E-state index contributed by atoms with van der Waals surface area (Å²) in [5.41, 5.74) is 0.754. The third-order valence-electron chi connectivity index (χ3n) is 13.0. The molecule has 0 radical (unpaired) electrons. The van der Waals surface area contributed by atoms with Gasteiger partial charge in [-0.2, -0.15) is 0 Å². The fourth-order valence-electron chi connectivity index (χ4n) is 10.8. The minimum Gasteiger partial charge on any atom is -0.481 e. The maximum atomic E-state index is 12.8. The van der Waals surface area contributed by atoms with Gasteiger partial charge in [0.25, 0.3) is 0 Å². The van der Waals surface area contributed by atoms with E-state index in [1.54, 1.807) is 0 Å². The second kappa shape index (κ2) is 8.20. The van der Waals surface area contributed by atoms with Gasteiger partial charge in [-0.15, -0.1) is 0 Å². The molecule has 5 rings (SSSR count). The smallest absolute Gasteiger partial charge is 0.481 e. The van der Waals surface area contributed by atoms with Crippen LogP contribution in [0.2, 0.25) is 0 Å². The van der Waals surface area contributed by atoms with Crippen LogP contribution in [0.25, 0.3) is 0 Å². The zero-order chi connectivity index (χ0) is 25.1. The molecular weight excluding hydrogens is 449 g/mol. The van der Waals surface area contributed by atoms with Crippen molar-refractivity contribution in [3.05, 3.63) is 11.6 Å². The number of aliphatic hydroxyl groups excluding tert-OH is 2. The molecular formula is C30H48MgO4+2. The first-order chi connectivity index (χ1) is 15.6. The number of rotatable bonds is 1. The van der Waals surface area contributed by atoms with Crippen molar-refractivity contribution in [3.8, 4) is 0 Å². The van der Waals surface area contributed by atoms with Crippen molar-refractivity contribution >= 4 is 29.0 Å². The Kier molecular flexibility index (Phi) is 6.54. The number of carbonyl (C=O) groups is 1. The summed E-state index contributed by atoms with van der Waals surface area (Å²) in [6.07, 6.45) is 9.45. The van der Waals surface area contributed by atoms with Crippen molar-refractivity contribution in [2.75, 3.05) is 0 Å². The van der Waals surface area contributed by atoms with Gasteiger partial charge in [-0.1, -0.05) is 60.1 Å². The van der Waals surface area contributed by atoms with Crippen molar-refractivity contribution in [1.82, 2.24) is 0 Å². The topological polar surface area (TPSA) is 77.8 Å². The minimum atomic E-state index is -0.679. The zero-order valence-corrected chi connectivity index (χ0v) is 24.7. The Morgan fingerprint density at radius 3 is 2.14 bits per heavy atom. The van der Waals surface area contributed by atoms with Crippen LogP contribution in [-0.2, 0) is 4.79 Å². The molecule has 0 saturated heterocycles. The van der Waals surface area contributed by atoms with E-state index in [9.17, 15) is 20.1 Å². The van der Waals surface area contributed by atoms with Crippen molar-refractivity contribution in [2.24, 2.45) is 50.2 Å². The molecule has 4 nitrogen and oxygen atoms in total. The average molecular weight is 497 g/mol. The van der Waals surface area contributed by atoms with Gasteiger partial charge in [-0.3, -0.25) is 4.79 Å². The molecule has 0 spiro atoms. The maximum absolute atomic E-state index is 12.8. The number of allylic oxidation sites excluding steroid dienone is 2. The Hall–Kier alpha value is -0.104. The van der Waals surface area contributed by atoms with Crippen LogP contribution in [0.5, 0.6) is 0 Å². The Morgan fingerprint density at radius 1 is 0.886 bits per heavy atom. The van der Waals surface area contributed by atoms with E-state index in [1.165, 1.54) is 5.57 Å². The van der Waals surface area contributed by atoms with Gasteiger partial charge in [-0.25, -0.2) is 0 Å². The Balaban J connectivity index is 0.00000289. The first-order valence-corrected chi connectivity index (χ1v) is 13.9. The number of hydrogen-bond acceptors (Lipinski definition) is 3. The molecule has 0 aliphatic heterocycles. The van der Waals surface area contributed by atoms with E-state index in [2.05, 4.69) is 54.5 Å². The summed E-state index contributed by atoms with van der Waals surface area (Å²) >= 11 is 0. The van der Waals surface area contributed by atoms with Crippen LogP contribution in [0.15, 0.2) is 11.6 Å². The van der Waals surface area contributed by atoms with Crippen LogP contribution in [-0.4, -0.2) is 56.5 Å². The van der Waals surface area contributed by atoms with Crippen LogP contribution >= 0.6 is 0 Å². The molecule has 0 aromatic carbocycles. The third kappa shape index (κ3) is 3.46. The fraction of sp³-hybridized carbons (Fsp3) is 0.900. The van der Waals surface area contributed by atoms with Gasteiger partial charge in [0.05, 0.1) is 17.6 Å². The SMILES string of the molecule is CC1(C)CC[C@]2(C(=O)O)CC[C@]3(C)C(=CC[C@@H]4[C@@]5(C)C[C@@H](O)[C@H](O)C(C)(C)[C@@H]5CC[C@]43C)[C@@H]2C1.[Mg+2]. The molecule has 0 heterocycles. The molecule has 0 unspecified atom stereocenters. The van der Waals surface area contributed by atoms with Gasteiger partial charge >= 0.3 is 29.0 Å². The summed E-state index contributed by atoms with van der Waals surface area (Å²) in [4.78, 5) is 12.8. The number of aliphatic hydroxyl groups is 2. The summed E-state index contributed by atoms with van der Waals surface area (Å²) in [5.74, 6) is 0.365. The molecule has 0 aromatic rings. The predicted octanol–water partition coefficient (Wildman–Crippen LogP) is 5.82. The van der Waals surface area contributed by atoms with Crippen LogP contribution in [0, 0.1) is 50.2 Å². The van der Waals surface area contributed by atoms with Crippen molar-refractivity contribution < 1.29 is 20.1 Å². The predicted molar refractivity (Wildman–Crippen MR) is 140 cm³/mol. The van der Waals surface area contributed by atoms with Crippen LogP contribution in [0.4, 0.5) is 0 Å². The standard InChI is InChI=1S/C30H48O4.Mg/c1-25(2)12-14-30(24(33)34)15-13-28(6)18(19(30)16-25)8-9-22-27(5)17-20(31)23(32)26(3,4)21(27)10-11-29(22,28)7;/h8,19-23,31-32H,9-17H2,1-7H3,(H,33,34);/q;+2/t19-,20+,21-,22+,23-,27-,28+,29+,30-;/m0./s1. The number of hydrogen-bond donors (Lipinski definition) is 3. The van der Waals surface area contributed by atoms with E-state index in [1.807, 2.05) is 0 Å². The number of aliphatic carboxylic acids is 1. The van der Waals surface area contributed by atoms with Crippen molar-refractivity contribution in [3.63, 3.8) is 0 Å². The van der Waals surface area contributed by atoms with Crippen molar-refractivity contribution in [1.29, 1.82) is 0 Å². The molecule has 192 valence electrons. The Bertz CT molecular complexity index is 925. The Labute approximate surface area is 228 Å². The quantitative estimate of drug-likeness (QED) is 0.315. The van der Waals surface area contributed by atoms with Gasteiger partial charge in [0.2, 0.25) is 0 Å². The van der Waals surface area contributed by atoms with E-state index in [0.29, 0.717) is 18.3 Å². The maximum Gasteiger partial charge on any atom is 2.00 e. The molecule has 5 heteroatoms. The second-order valence-electron chi connectivity index (χ2n) is 15.2. The summed E-state index contributed by atoms with van der Waals surface area (Å²) in [5, 5.41) is 32.4. The van der Waals surface area contributed by atoms with Crippen LogP contribution in [0.1, 0.15) is 106 Å². The Morgan fingerprint density at radius 2 is 1.51 bits per heavy atom. The molecule has 0 aromatic heterocycles. The van der Waals surface area contributed by atoms with Gasteiger partial charge in [0.1, 0.15) is 0 Å². The second-order valence-corrected chi connectivity index (χ2v) is 15.2. The molecule has 35 heavy (non-hydrogen) atoms. The summed E-state index contributed by atoms with van der Waals surface area (Å²) < 4.78 is 0. The molecule has 5 aliphatic rings. The first kappa shape index (κ1) is 27.9. The number of carboxylic acid groups (broad SMARTS) is 1. The van der Waals surface area contributed by atoms with Crippen LogP contribution in [0.3, 0.4) is 0 Å². The fourth-order valence-corrected chi connectivity index (χ4v) is 10.8. The third-order valence-corrected chi connectivity index (χ3v) is 13.0. The molecule has 0 bridgehead atoms. The van der Waals surface area contributed by atoms with Crippen molar-refractivity contribution in [2.45, 2.75) is 118 Å². The largest absolute Gasteiger partial charge is 2.00 e. The number of fused-ring (bicyclic) bond motifs is 7. The van der Waals surface area contributed by atoms with E-state index in [-0.39, 0.29) is 56.0 Å². The monoisotopic (exact) mass is 496 g/mol. The molecule has 4 saturated carbocycles. The molecule has 9 atom stereocenters. The number of carboxylic acids is 1. The zero-order valence-electron chi connectivity index (χ0n) is 23.3. The summed E-state index contributed by atoms with van der Waals surface area (Å²) in [7, 11) is 0. The van der Waals surface area contributed by atoms with E-state index >= 15 is 0 Å². The molecule has 3 N–H and O–H groups in total. The van der Waals surface area contributed by atoms with Gasteiger partial charge < -0.3 is 15.3 Å². The first-order valence-electron chi connectivity index (χ1n) is 13.9. The normalized spacial score (nSPS) is 51.9. The average Bonchev–Trinajstić information content (AvgIpc) is 2.72. The van der Waals surface area contributed by atoms with Gasteiger partial charge in [-0.05, 0) is 103 Å². The molecule has 0 amide bonds. The van der Waals surface area contributed by atoms with Gasteiger partial charge in [0, 0.05) is 0 Å². The molecule has 5 aliphatic carbocycles. The van der Waals surface area contributed by atoms with E-state index in [4.69, 9.17) is 0 Å². The molecule has 4 fully saturated rings. The summed E-state index contributed by atoms with van der Waals surface area (Å²) in [6.45, 7) is 16.3. The minimum absolute atomic E-state index is 0. The van der Waals surface area contributed by atoms with E-state index in [0.717, 1.165) is 51.4 Å². The van der Waals surface area contributed by atoms with E-state index < -0.39 is 23.6 Å². The summed E-state index contributed by atoms with van der Waals surface area (Å²) in [6, 6.07) is 0.